The summed E-state index contributed by atoms with van der Waals surface area (Å²) in [5.41, 5.74) is -1.12. The summed E-state index contributed by atoms with van der Waals surface area (Å²) in [6, 6.07) is 8.26. The second-order valence-electron chi connectivity index (χ2n) is 4.63. The fourth-order valence-corrected chi connectivity index (χ4v) is 1.95. The molecule has 2 rings (SSSR count). The number of anilines is 1. The first kappa shape index (κ1) is 16.6. The lowest BCUT2D eigenvalue weighted by atomic mass is 10.1. The third kappa shape index (κ3) is 3.53. The summed E-state index contributed by atoms with van der Waals surface area (Å²) >= 11 is 0. The molecule has 2 aromatic carbocycles. The van der Waals surface area contributed by atoms with E-state index in [4.69, 9.17) is 10.2 Å². The Morgan fingerprint density at radius 1 is 0.958 bits per heavy atom. The van der Waals surface area contributed by atoms with E-state index in [9.17, 15) is 24.5 Å². The molecule has 0 unspecified atom stereocenters. The van der Waals surface area contributed by atoms with Gasteiger partial charge >= 0.3 is 11.9 Å². The van der Waals surface area contributed by atoms with Crippen LogP contribution >= 0.6 is 0 Å². The van der Waals surface area contributed by atoms with Crippen molar-refractivity contribution < 1.29 is 29.5 Å². The van der Waals surface area contributed by atoms with Crippen molar-refractivity contribution >= 4 is 29.2 Å². The van der Waals surface area contributed by atoms with Crippen LogP contribution in [0.2, 0.25) is 0 Å². The SMILES string of the molecule is O=C(Nc1ccc(C(=O)O)c(C(=O)O)c1)c1cccc([N+](=O)[O-])c1. The molecular weight excluding hydrogens is 320 g/mol. The number of nitrogens with one attached hydrogen (secondary N) is 1. The molecule has 0 heterocycles. The van der Waals surface area contributed by atoms with E-state index >= 15 is 0 Å². The van der Waals surface area contributed by atoms with Crippen LogP contribution in [0.1, 0.15) is 31.1 Å². The largest absolute Gasteiger partial charge is 0.478 e. The van der Waals surface area contributed by atoms with Gasteiger partial charge in [-0.25, -0.2) is 9.59 Å². The molecule has 0 spiro atoms. The summed E-state index contributed by atoms with van der Waals surface area (Å²) in [6.07, 6.45) is 0. The quantitative estimate of drug-likeness (QED) is 0.562. The minimum Gasteiger partial charge on any atom is -0.478 e. The van der Waals surface area contributed by atoms with Crippen LogP contribution in [0.5, 0.6) is 0 Å². The number of aromatic carboxylic acids is 2. The zero-order valence-electron chi connectivity index (χ0n) is 11.9. The lowest BCUT2D eigenvalue weighted by Crippen LogP contribution is -2.14. The minimum atomic E-state index is -1.46. The number of amides is 1. The number of benzene rings is 2. The summed E-state index contributed by atoms with van der Waals surface area (Å²) in [5, 5.41) is 31.0. The molecule has 0 aliphatic heterocycles. The predicted octanol–water partition coefficient (Wildman–Crippen LogP) is 2.24. The lowest BCUT2D eigenvalue weighted by molar-refractivity contribution is -0.384. The second kappa shape index (κ2) is 6.57. The maximum Gasteiger partial charge on any atom is 0.336 e. The van der Waals surface area contributed by atoms with Gasteiger partial charge in [0.1, 0.15) is 0 Å². The minimum absolute atomic E-state index is 0.00314. The van der Waals surface area contributed by atoms with Crippen LogP contribution in [0.25, 0.3) is 0 Å². The highest BCUT2D eigenvalue weighted by Crippen LogP contribution is 2.19. The van der Waals surface area contributed by atoms with E-state index in [1.165, 1.54) is 24.3 Å². The molecule has 24 heavy (non-hydrogen) atoms. The van der Waals surface area contributed by atoms with Crippen LogP contribution in [0.3, 0.4) is 0 Å². The molecule has 1 amide bonds. The average molecular weight is 330 g/mol. The second-order valence-corrected chi connectivity index (χ2v) is 4.63. The average Bonchev–Trinajstić information content (AvgIpc) is 2.54. The van der Waals surface area contributed by atoms with Crippen molar-refractivity contribution in [2.24, 2.45) is 0 Å². The Morgan fingerprint density at radius 2 is 1.62 bits per heavy atom. The first-order chi connectivity index (χ1) is 11.3. The fraction of sp³-hybridized carbons (Fsp3) is 0. The number of nitro benzene ring substituents is 1. The fourth-order valence-electron chi connectivity index (χ4n) is 1.95. The number of nitrogens with zero attached hydrogens (tertiary/aromatic N) is 1. The predicted molar refractivity (Wildman–Crippen MR) is 81.4 cm³/mol. The Hall–Kier alpha value is -3.75. The van der Waals surface area contributed by atoms with Gasteiger partial charge in [0, 0.05) is 23.4 Å². The normalized spacial score (nSPS) is 10.0. The molecule has 0 saturated heterocycles. The van der Waals surface area contributed by atoms with Gasteiger partial charge in [0.25, 0.3) is 11.6 Å². The molecular formula is C15H10N2O7. The van der Waals surface area contributed by atoms with Crippen molar-refractivity contribution in [3.05, 3.63) is 69.3 Å². The lowest BCUT2D eigenvalue weighted by Gasteiger charge is -2.08. The molecule has 9 nitrogen and oxygen atoms in total. The maximum atomic E-state index is 12.1. The number of hydrogen-bond donors (Lipinski definition) is 3. The molecule has 0 saturated carbocycles. The van der Waals surface area contributed by atoms with Crippen LogP contribution in [0.4, 0.5) is 11.4 Å². The van der Waals surface area contributed by atoms with E-state index in [-0.39, 0.29) is 16.9 Å². The van der Waals surface area contributed by atoms with Gasteiger partial charge in [0.2, 0.25) is 0 Å². The number of carbonyl (C=O) groups is 3. The van der Waals surface area contributed by atoms with E-state index < -0.39 is 33.9 Å². The molecule has 0 aliphatic rings. The molecule has 0 aromatic heterocycles. The van der Waals surface area contributed by atoms with Crippen LogP contribution < -0.4 is 5.32 Å². The highest BCUT2D eigenvalue weighted by molar-refractivity contribution is 6.07. The van der Waals surface area contributed by atoms with Gasteiger partial charge in [0.15, 0.2) is 0 Å². The summed E-state index contributed by atoms with van der Waals surface area (Å²) < 4.78 is 0. The third-order valence-corrected chi connectivity index (χ3v) is 3.06. The van der Waals surface area contributed by atoms with E-state index in [2.05, 4.69) is 5.32 Å². The van der Waals surface area contributed by atoms with E-state index in [0.717, 1.165) is 18.2 Å². The maximum absolute atomic E-state index is 12.1. The molecule has 0 aliphatic carbocycles. The zero-order chi connectivity index (χ0) is 17.9. The molecule has 122 valence electrons. The van der Waals surface area contributed by atoms with Gasteiger partial charge < -0.3 is 15.5 Å². The molecule has 9 heteroatoms. The Balaban J connectivity index is 2.31. The first-order valence-electron chi connectivity index (χ1n) is 6.46. The smallest absolute Gasteiger partial charge is 0.336 e. The first-order valence-corrected chi connectivity index (χ1v) is 6.46. The van der Waals surface area contributed by atoms with E-state index in [1.54, 1.807) is 0 Å². The molecule has 0 radical (unpaired) electrons. The monoisotopic (exact) mass is 330 g/mol. The molecule has 2 aromatic rings. The van der Waals surface area contributed by atoms with Gasteiger partial charge in [0.05, 0.1) is 16.1 Å². The highest BCUT2D eigenvalue weighted by atomic mass is 16.6. The molecule has 0 atom stereocenters. The van der Waals surface area contributed by atoms with Crippen molar-refractivity contribution in [1.29, 1.82) is 0 Å². The molecule has 3 N–H and O–H groups in total. The Bertz CT molecular complexity index is 861. The zero-order valence-corrected chi connectivity index (χ0v) is 11.9. The molecule has 0 bridgehead atoms. The summed E-state index contributed by atoms with van der Waals surface area (Å²) in [4.78, 5) is 44.2. The van der Waals surface area contributed by atoms with Crippen molar-refractivity contribution in [2.75, 3.05) is 5.32 Å². The highest BCUT2D eigenvalue weighted by Gasteiger charge is 2.18. The third-order valence-electron chi connectivity index (χ3n) is 3.06. The number of nitro groups is 1. The number of non-ortho nitro benzene ring substituents is 1. The summed E-state index contributed by atoms with van der Waals surface area (Å²) in [6.45, 7) is 0. The number of carboxylic acid groups (broad SMARTS) is 2. The van der Waals surface area contributed by atoms with Crippen molar-refractivity contribution in [1.82, 2.24) is 0 Å². The van der Waals surface area contributed by atoms with Crippen LogP contribution in [0.15, 0.2) is 42.5 Å². The summed E-state index contributed by atoms with van der Waals surface area (Å²) in [5.74, 6) is -3.57. The topological polar surface area (TPSA) is 147 Å². The van der Waals surface area contributed by atoms with Gasteiger partial charge in [-0.15, -0.1) is 0 Å². The number of rotatable bonds is 5. The Morgan fingerprint density at radius 3 is 2.21 bits per heavy atom. The van der Waals surface area contributed by atoms with Gasteiger partial charge in [-0.05, 0) is 24.3 Å². The van der Waals surface area contributed by atoms with Crippen LogP contribution in [-0.2, 0) is 0 Å². The van der Waals surface area contributed by atoms with E-state index in [1.807, 2.05) is 0 Å². The number of carbonyl (C=O) groups excluding carboxylic acids is 1. The van der Waals surface area contributed by atoms with Gasteiger partial charge in [-0.1, -0.05) is 6.07 Å². The number of hydrogen-bond acceptors (Lipinski definition) is 5. The number of carboxylic acids is 2. The Labute approximate surface area is 134 Å². The van der Waals surface area contributed by atoms with Crippen molar-refractivity contribution in [3.63, 3.8) is 0 Å². The van der Waals surface area contributed by atoms with Gasteiger partial charge in [-0.3, -0.25) is 14.9 Å². The summed E-state index contributed by atoms with van der Waals surface area (Å²) in [7, 11) is 0. The molecule has 0 fully saturated rings. The Kier molecular flexibility index (Phi) is 4.55. The van der Waals surface area contributed by atoms with Crippen LogP contribution in [0, 0.1) is 10.1 Å². The van der Waals surface area contributed by atoms with Crippen molar-refractivity contribution in [2.45, 2.75) is 0 Å². The van der Waals surface area contributed by atoms with Gasteiger partial charge in [-0.2, -0.15) is 0 Å². The van der Waals surface area contributed by atoms with Crippen molar-refractivity contribution in [3.8, 4) is 0 Å². The van der Waals surface area contributed by atoms with E-state index in [0.29, 0.717) is 0 Å². The standard InChI is InChI=1S/C15H10N2O7/c18-13(8-2-1-3-10(6-8)17(23)24)16-9-4-5-11(14(19)20)12(7-9)15(21)22/h1-7H,(H,16,18)(H,19,20)(H,21,22). The van der Waals surface area contributed by atoms with Crippen LogP contribution in [-0.4, -0.2) is 33.0 Å².